The van der Waals surface area contributed by atoms with Gasteiger partial charge in [0.15, 0.2) is 0 Å². The fraction of sp³-hybridized carbons (Fsp3) is 0.118. The lowest BCUT2D eigenvalue weighted by Gasteiger charge is -2.12. The quantitative estimate of drug-likeness (QED) is 0.780. The van der Waals surface area contributed by atoms with Gasteiger partial charge in [0.25, 0.3) is 5.91 Å². The third-order valence-electron chi connectivity index (χ3n) is 3.38. The zero-order valence-corrected chi connectivity index (χ0v) is 11.9. The normalized spacial score (nSPS) is 10.6. The third-order valence-corrected chi connectivity index (χ3v) is 3.38. The van der Waals surface area contributed by atoms with Crippen molar-refractivity contribution in [1.29, 1.82) is 0 Å². The predicted octanol–water partition coefficient (Wildman–Crippen LogP) is 3.50. The van der Waals surface area contributed by atoms with Crippen molar-refractivity contribution in [1.82, 2.24) is 9.97 Å². The van der Waals surface area contributed by atoms with E-state index < -0.39 is 0 Å². The minimum Gasteiger partial charge on any atom is -0.321 e. The van der Waals surface area contributed by atoms with Gasteiger partial charge < -0.3 is 5.32 Å². The summed E-state index contributed by atoms with van der Waals surface area (Å²) in [6.07, 6.45) is 3.20. The fourth-order valence-corrected chi connectivity index (χ4v) is 2.26. The van der Waals surface area contributed by atoms with Gasteiger partial charge in [0.2, 0.25) is 0 Å². The number of aryl methyl sites for hydroxylation is 2. The number of hydrogen-bond acceptors (Lipinski definition) is 3. The summed E-state index contributed by atoms with van der Waals surface area (Å²) in [7, 11) is 0. The Morgan fingerprint density at radius 3 is 2.71 bits per heavy atom. The van der Waals surface area contributed by atoms with Crippen LogP contribution in [0.1, 0.15) is 21.6 Å². The molecule has 0 radical (unpaired) electrons. The second-order valence-electron chi connectivity index (χ2n) is 4.97. The topological polar surface area (TPSA) is 54.9 Å². The molecular formula is C17H15N3O. The van der Waals surface area contributed by atoms with Crippen LogP contribution in [0.25, 0.3) is 10.9 Å². The molecule has 2 aromatic heterocycles. The van der Waals surface area contributed by atoms with Gasteiger partial charge >= 0.3 is 0 Å². The average Bonchev–Trinajstić information content (AvgIpc) is 2.51. The molecule has 3 aromatic rings. The molecule has 1 aromatic carbocycles. The van der Waals surface area contributed by atoms with Crippen LogP contribution in [0.4, 0.5) is 5.69 Å². The molecule has 0 unspecified atom stereocenters. The van der Waals surface area contributed by atoms with E-state index in [1.807, 2.05) is 38.1 Å². The Labute approximate surface area is 122 Å². The molecular weight excluding hydrogens is 262 g/mol. The number of benzene rings is 1. The number of nitrogens with zero attached hydrogens (tertiary/aromatic N) is 2. The summed E-state index contributed by atoms with van der Waals surface area (Å²) in [5.41, 5.74) is 4.17. The summed E-state index contributed by atoms with van der Waals surface area (Å²) in [6, 6.07) is 11.4. The smallest absolute Gasteiger partial charge is 0.257 e. The number of anilines is 1. The fourth-order valence-electron chi connectivity index (χ4n) is 2.26. The summed E-state index contributed by atoms with van der Waals surface area (Å²) in [6.45, 7) is 3.92. The molecule has 3 rings (SSSR count). The number of carbonyl (C=O) groups excluding carboxylic acids is 1. The lowest BCUT2D eigenvalue weighted by Crippen LogP contribution is -2.13. The molecule has 0 spiro atoms. The van der Waals surface area contributed by atoms with Crippen LogP contribution in [0.15, 0.2) is 48.8 Å². The number of carbonyl (C=O) groups is 1. The van der Waals surface area contributed by atoms with E-state index in [0.717, 1.165) is 27.8 Å². The summed E-state index contributed by atoms with van der Waals surface area (Å²) in [5, 5.41) is 3.91. The maximum atomic E-state index is 12.3. The monoisotopic (exact) mass is 277 g/mol. The Bertz CT molecular complexity index is 813. The Balaban J connectivity index is 2.04. The Kier molecular flexibility index (Phi) is 3.36. The number of pyridine rings is 2. The van der Waals surface area contributed by atoms with Crippen molar-refractivity contribution in [2.75, 3.05) is 5.32 Å². The number of nitrogens with one attached hydrogen (secondary N) is 1. The van der Waals surface area contributed by atoms with Gasteiger partial charge in [-0.25, -0.2) is 0 Å². The van der Waals surface area contributed by atoms with E-state index in [2.05, 4.69) is 15.3 Å². The number of fused-ring (bicyclic) bond motifs is 1. The molecule has 21 heavy (non-hydrogen) atoms. The van der Waals surface area contributed by atoms with E-state index in [9.17, 15) is 4.79 Å². The largest absolute Gasteiger partial charge is 0.321 e. The maximum absolute atomic E-state index is 12.3. The Morgan fingerprint density at radius 1 is 1.10 bits per heavy atom. The maximum Gasteiger partial charge on any atom is 0.257 e. The van der Waals surface area contributed by atoms with E-state index in [4.69, 9.17) is 0 Å². The number of aromatic nitrogens is 2. The van der Waals surface area contributed by atoms with E-state index in [0.29, 0.717) is 5.56 Å². The summed E-state index contributed by atoms with van der Waals surface area (Å²) < 4.78 is 0. The van der Waals surface area contributed by atoms with Gasteiger partial charge in [-0.3, -0.25) is 14.8 Å². The summed E-state index contributed by atoms with van der Waals surface area (Å²) in [4.78, 5) is 20.8. The molecule has 0 atom stereocenters. The van der Waals surface area contributed by atoms with Crippen molar-refractivity contribution in [3.8, 4) is 0 Å². The summed E-state index contributed by atoms with van der Waals surface area (Å²) >= 11 is 0. The first-order chi connectivity index (χ1) is 10.1. The molecule has 0 saturated heterocycles. The first kappa shape index (κ1) is 13.2. The van der Waals surface area contributed by atoms with Gasteiger partial charge in [-0.05, 0) is 49.7 Å². The molecule has 0 aliphatic carbocycles. The number of amides is 1. The Morgan fingerprint density at radius 2 is 1.95 bits per heavy atom. The minimum atomic E-state index is -0.167. The van der Waals surface area contributed by atoms with Crippen LogP contribution in [0.2, 0.25) is 0 Å². The van der Waals surface area contributed by atoms with Gasteiger partial charge in [-0.15, -0.1) is 0 Å². The highest BCUT2D eigenvalue weighted by Crippen LogP contribution is 2.26. The molecule has 2 heterocycles. The molecule has 4 nitrogen and oxygen atoms in total. The first-order valence-electron chi connectivity index (χ1n) is 6.73. The zero-order chi connectivity index (χ0) is 14.8. The highest BCUT2D eigenvalue weighted by atomic mass is 16.1. The van der Waals surface area contributed by atoms with Crippen molar-refractivity contribution >= 4 is 22.5 Å². The van der Waals surface area contributed by atoms with Crippen LogP contribution >= 0.6 is 0 Å². The molecule has 0 fully saturated rings. The van der Waals surface area contributed by atoms with Crippen molar-refractivity contribution < 1.29 is 4.79 Å². The van der Waals surface area contributed by atoms with Crippen LogP contribution in [0.5, 0.6) is 0 Å². The second kappa shape index (κ2) is 5.32. The molecule has 1 amide bonds. The van der Waals surface area contributed by atoms with Gasteiger partial charge in [0.05, 0.1) is 16.8 Å². The summed E-state index contributed by atoms with van der Waals surface area (Å²) in [5.74, 6) is -0.167. The van der Waals surface area contributed by atoms with Crippen LogP contribution in [0.3, 0.4) is 0 Å². The highest BCUT2D eigenvalue weighted by molar-refractivity contribution is 6.09. The lowest BCUT2D eigenvalue weighted by molar-refractivity contribution is 0.102. The van der Waals surface area contributed by atoms with E-state index in [-0.39, 0.29) is 5.91 Å². The van der Waals surface area contributed by atoms with Crippen LogP contribution in [-0.4, -0.2) is 15.9 Å². The van der Waals surface area contributed by atoms with Crippen LogP contribution in [-0.2, 0) is 0 Å². The van der Waals surface area contributed by atoms with Gasteiger partial charge in [0, 0.05) is 23.5 Å². The second-order valence-corrected chi connectivity index (χ2v) is 4.97. The molecule has 0 bridgehead atoms. The van der Waals surface area contributed by atoms with Gasteiger partial charge in [0.1, 0.15) is 0 Å². The van der Waals surface area contributed by atoms with Crippen molar-refractivity contribution in [3.63, 3.8) is 0 Å². The van der Waals surface area contributed by atoms with E-state index in [1.54, 1.807) is 24.5 Å². The SMILES string of the molecule is Cc1ccc2c(NC(=O)c3cccnc3)c(C)ccc2n1. The minimum absolute atomic E-state index is 0.167. The van der Waals surface area contributed by atoms with E-state index in [1.165, 1.54) is 0 Å². The molecule has 1 N–H and O–H groups in total. The molecule has 0 saturated carbocycles. The average molecular weight is 277 g/mol. The third kappa shape index (κ3) is 2.60. The zero-order valence-electron chi connectivity index (χ0n) is 11.9. The molecule has 4 heteroatoms. The van der Waals surface area contributed by atoms with E-state index >= 15 is 0 Å². The van der Waals surface area contributed by atoms with Crippen molar-refractivity contribution in [2.24, 2.45) is 0 Å². The molecule has 104 valence electrons. The molecule has 0 aliphatic heterocycles. The van der Waals surface area contributed by atoms with Gasteiger partial charge in [-0.1, -0.05) is 6.07 Å². The molecule has 0 aliphatic rings. The highest BCUT2D eigenvalue weighted by Gasteiger charge is 2.11. The first-order valence-corrected chi connectivity index (χ1v) is 6.73. The number of hydrogen-bond donors (Lipinski definition) is 1. The predicted molar refractivity (Wildman–Crippen MR) is 83.4 cm³/mol. The lowest BCUT2D eigenvalue weighted by atomic mass is 10.1. The number of rotatable bonds is 2. The van der Waals surface area contributed by atoms with Crippen LogP contribution in [0, 0.1) is 13.8 Å². The van der Waals surface area contributed by atoms with Gasteiger partial charge in [-0.2, -0.15) is 0 Å². The Hall–Kier alpha value is -2.75. The van der Waals surface area contributed by atoms with Crippen LogP contribution < -0.4 is 5.32 Å². The standard InChI is InChI=1S/C17H15N3O/c1-11-5-8-15-14(7-6-12(2)19-15)16(11)20-17(21)13-4-3-9-18-10-13/h3-10H,1-2H3,(H,20,21). The van der Waals surface area contributed by atoms with Crippen molar-refractivity contribution in [3.05, 3.63) is 65.6 Å². The van der Waals surface area contributed by atoms with Crippen molar-refractivity contribution in [2.45, 2.75) is 13.8 Å².